The summed E-state index contributed by atoms with van der Waals surface area (Å²) in [6, 6.07) is 10.2. The van der Waals surface area contributed by atoms with Crippen LogP contribution in [0.5, 0.6) is 0 Å². The van der Waals surface area contributed by atoms with Crippen LogP contribution in [-0.2, 0) is 0 Å². The molecule has 0 spiro atoms. The number of aromatic nitrogens is 2. The molecule has 0 bridgehead atoms. The minimum Gasteiger partial charge on any atom is -0.370 e. The molecule has 1 heterocycles. The molecule has 0 saturated carbocycles. The predicted octanol–water partition coefficient (Wildman–Crippen LogP) is 2.46. The van der Waals surface area contributed by atoms with Gasteiger partial charge in [-0.2, -0.15) is 5.10 Å². The Hall–Kier alpha value is -1.73. The molecule has 5 nitrogen and oxygen atoms in total. The van der Waals surface area contributed by atoms with Crippen molar-refractivity contribution in [1.29, 1.82) is 0 Å². The first-order valence-electron chi connectivity index (χ1n) is 6.19. The number of likely N-dealkylation sites (N-methyl/N-ethyl adjacent to an activating group) is 1. The van der Waals surface area contributed by atoms with Crippen molar-refractivity contribution < 1.29 is 4.79 Å². The van der Waals surface area contributed by atoms with E-state index >= 15 is 0 Å². The van der Waals surface area contributed by atoms with Crippen molar-refractivity contribution in [1.82, 2.24) is 15.5 Å². The monoisotopic (exact) mass is 308 g/mol. The summed E-state index contributed by atoms with van der Waals surface area (Å²) in [7, 11) is 2.00. The molecule has 0 radical (unpaired) electrons. The van der Waals surface area contributed by atoms with E-state index in [0.717, 1.165) is 5.69 Å². The minimum absolute atomic E-state index is 0.174. The molecule has 0 aliphatic rings. The van der Waals surface area contributed by atoms with Gasteiger partial charge in [0.1, 0.15) is 0 Å². The fraction of sp³-hybridized carbons (Fsp3) is 0.308. The maximum Gasteiger partial charge on any atom is 0.282 e. The number of nitrogens with one attached hydrogen (secondary N) is 2. The molecule has 2 aromatic rings. The molecule has 20 heavy (non-hydrogen) atoms. The molecular weight excluding hydrogens is 292 g/mol. The van der Waals surface area contributed by atoms with Gasteiger partial charge in [-0.25, -0.2) is 0 Å². The van der Waals surface area contributed by atoms with Gasteiger partial charge in [0, 0.05) is 25.3 Å². The lowest BCUT2D eigenvalue weighted by molar-refractivity contribution is 0.0950. The van der Waals surface area contributed by atoms with E-state index in [4.69, 9.17) is 12.2 Å². The Kier molecular flexibility index (Phi) is 4.86. The van der Waals surface area contributed by atoms with Crippen LogP contribution in [0.1, 0.15) is 16.7 Å². The van der Waals surface area contributed by atoms with Crippen molar-refractivity contribution >= 4 is 35.1 Å². The van der Waals surface area contributed by atoms with E-state index in [1.165, 1.54) is 11.3 Å². The Bertz CT molecular complexity index is 623. The SMILES string of the molecule is C[C@@H](CNC(=O)c1n[nH]c(=S)s1)N(C)c1ccccc1. The average molecular weight is 308 g/mol. The maximum atomic E-state index is 11.9. The second kappa shape index (κ2) is 6.62. The fourth-order valence-corrected chi connectivity index (χ4v) is 2.50. The van der Waals surface area contributed by atoms with Crippen LogP contribution in [0, 0.1) is 3.95 Å². The number of anilines is 1. The van der Waals surface area contributed by atoms with Gasteiger partial charge in [0.2, 0.25) is 5.01 Å². The zero-order valence-corrected chi connectivity index (χ0v) is 12.9. The van der Waals surface area contributed by atoms with Gasteiger partial charge < -0.3 is 10.2 Å². The number of benzene rings is 1. The Morgan fingerprint density at radius 1 is 1.50 bits per heavy atom. The molecular formula is C13H16N4OS2. The normalized spacial score (nSPS) is 11.9. The minimum atomic E-state index is -0.198. The second-order valence-electron chi connectivity index (χ2n) is 4.42. The van der Waals surface area contributed by atoms with Crippen LogP contribution in [0.15, 0.2) is 30.3 Å². The topological polar surface area (TPSA) is 61.0 Å². The predicted molar refractivity (Wildman–Crippen MR) is 83.9 cm³/mol. The summed E-state index contributed by atoms with van der Waals surface area (Å²) in [6.07, 6.45) is 0. The van der Waals surface area contributed by atoms with Crippen molar-refractivity contribution in [3.05, 3.63) is 39.3 Å². The molecule has 0 unspecified atom stereocenters. The molecule has 7 heteroatoms. The number of nitrogens with zero attached hydrogens (tertiary/aromatic N) is 2. The van der Waals surface area contributed by atoms with E-state index in [1.54, 1.807) is 0 Å². The zero-order chi connectivity index (χ0) is 14.5. The average Bonchev–Trinajstić information content (AvgIpc) is 2.91. The van der Waals surface area contributed by atoms with Crippen LogP contribution >= 0.6 is 23.6 Å². The molecule has 1 amide bonds. The Morgan fingerprint density at radius 3 is 2.80 bits per heavy atom. The van der Waals surface area contributed by atoms with Crippen LogP contribution in [0.4, 0.5) is 5.69 Å². The molecule has 0 aliphatic carbocycles. The van der Waals surface area contributed by atoms with Crippen LogP contribution < -0.4 is 10.2 Å². The van der Waals surface area contributed by atoms with E-state index < -0.39 is 0 Å². The van der Waals surface area contributed by atoms with E-state index in [-0.39, 0.29) is 11.9 Å². The first-order valence-corrected chi connectivity index (χ1v) is 7.42. The third-order valence-electron chi connectivity index (χ3n) is 3.02. The summed E-state index contributed by atoms with van der Waals surface area (Å²) in [5.41, 5.74) is 1.12. The quantitative estimate of drug-likeness (QED) is 0.833. The van der Waals surface area contributed by atoms with Gasteiger partial charge >= 0.3 is 0 Å². The number of hydrogen-bond acceptors (Lipinski definition) is 5. The molecule has 1 aromatic carbocycles. The number of hydrogen-bond donors (Lipinski definition) is 2. The molecule has 1 atom stereocenters. The highest BCUT2D eigenvalue weighted by atomic mass is 32.1. The number of aromatic amines is 1. The van der Waals surface area contributed by atoms with Crippen LogP contribution in [0.2, 0.25) is 0 Å². The maximum absolute atomic E-state index is 11.9. The summed E-state index contributed by atoms with van der Waals surface area (Å²) in [5, 5.41) is 9.69. The van der Waals surface area contributed by atoms with Crippen molar-refractivity contribution in [2.45, 2.75) is 13.0 Å². The smallest absolute Gasteiger partial charge is 0.282 e. The van der Waals surface area contributed by atoms with Crippen LogP contribution in [-0.4, -0.2) is 35.7 Å². The van der Waals surface area contributed by atoms with E-state index in [1.807, 2.05) is 37.4 Å². The van der Waals surface area contributed by atoms with Gasteiger partial charge in [-0.15, -0.1) is 0 Å². The van der Waals surface area contributed by atoms with Gasteiger partial charge in [-0.05, 0) is 31.3 Å². The molecule has 2 N–H and O–H groups in total. The van der Waals surface area contributed by atoms with Crippen molar-refractivity contribution in [2.75, 3.05) is 18.5 Å². The van der Waals surface area contributed by atoms with Crippen LogP contribution in [0.25, 0.3) is 0 Å². The second-order valence-corrected chi connectivity index (χ2v) is 6.09. The van der Waals surface area contributed by atoms with E-state index in [9.17, 15) is 4.79 Å². The number of carbonyl (C=O) groups excluding carboxylic acids is 1. The molecule has 106 valence electrons. The molecule has 0 saturated heterocycles. The first kappa shape index (κ1) is 14.7. The largest absolute Gasteiger partial charge is 0.370 e. The van der Waals surface area contributed by atoms with E-state index in [2.05, 4.69) is 27.3 Å². The highest BCUT2D eigenvalue weighted by molar-refractivity contribution is 7.73. The molecule has 0 aliphatic heterocycles. The third kappa shape index (κ3) is 3.64. The first-order chi connectivity index (χ1) is 9.58. The lowest BCUT2D eigenvalue weighted by Crippen LogP contribution is -2.40. The van der Waals surface area contributed by atoms with Gasteiger partial charge in [-0.1, -0.05) is 29.5 Å². The Balaban J connectivity index is 1.90. The van der Waals surface area contributed by atoms with Crippen molar-refractivity contribution in [2.24, 2.45) is 0 Å². The fourth-order valence-electron chi connectivity index (χ4n) is 1.70. The number of H-pyrrole nitrogens is 1. The summed E-state index contributed by atoms with van der Waals surface area (Å²) < 4.78 is 0.504. The zero-order valence-electron chi connectivity index (χ0n) is 11.3. The van der Waals surface area contributed by atoms with Crippen LogP contribution in [0.3, 0.4) is 0 Å². The summed E-state index contributed by atoms with van der Waals surface area (Å²) in [6.45, 7) is 2.59. The standard InChI is InChI=1S/C13H16N4OS2/c1-9(17(2)10-6-4-3-5-7-10)8-14-11(18)12-15-16-13(19)20-12/h3-7,9H,8H2,1-2H3,(H,14,18)(H,16,19)/t9-/m0/s1. The van der Waals surface area contributed by atoms with Gasteiger partial charge in [0.25, 0.3) is 5.91 Å². The Morgan fingerprint density at radius 2 is 2.20 bits per heavy atom. The lowest BCUT2D eigenvalue weighted by Gasteiger charge is -2.27. The lowest BCUT2D eigenvalue weighted by atomic mass is 10.2. The highest BCUT2D eigenvalue weighted by Crippen LogP contribution is 2.13. The number of amides is 1. The molecule has 0 fully saturated rings. The van der Waals surface area contributed by atoms with Gasteiger partial charge in [0.05, 0.1) is 0 Å². The van der Waals surface area contributed by atoms with Gasteiger partial charge in [-0.3, -0.25) is 9.89 Å². The highest BCUT2D eigenvalue weighted by Gasteiger charge is 2.14. The number of carbonyl (C=O) groups is 1. The summed E-state index contributed by atoms with van der Waals surface area (Å²) in [5.74, 6) is -0.198. The Labute approximate surface area is 126 Å². The third-order valence-corrected chi connectivity index (χ3v) is 4.10. The van der Waals surface area contributed by atoms with Gasteiger partial charge in [0.15, 0.2) is 3.95 Å². The summed E-state index contributed by atoms with van der Waals surface area (Å²) >= 11 is 6.08. The van der Waals surface area contributed by atoms with E-state index in [0.29, 0.717) is 15.5 Å². The molecule has 2 rings (SSSR count). The van der Waals surface area contributed by atoms with Crippen molar-refractivity contribution in [3.8, 4) is 0 Å². The molecule has 1 aromatic heterocycles. The number of rotatable bonds is 5. The number of para-hydroxylation sites is 1. The summed E-state index contributed by atoms with van der Waals surface area (Å²) in [4.78, 5) is 14.0. The van der Waals surface area contributed by atoms with Crippen molar-refractivity contribution in [3.63, 3.8) is 0 Å².